The zero-order chi connectivity index (χ0) is 19.8. The monoisotopic (exact) mass is 374 g/mol. The number of benzene rings is 3. The Balaban J connectivity index is 1.98. The molecule has 7 nitrogen and oxygen atoms in total. The fraction of sp³-hybridized carbons (Fsp3) is 0.0952. The molecule has 28 heavy (non-hydrogen) atoms. The smallest absolute Gasteiger partial charge is 0.241 e. The number of rotatable bonds is 2. The third-order valence-corrected chi connectivity index (χ3v) is 4.70. The Morgan fingerprint density at radius 1 is 1.14 bits per heavy atom. The second-order valence-corrected chi connectivity index (χ2v) is 6.68. The van der Waals surface area contributed by atoms with Crippen LogP contribution >= 0.6 is 0 Å². The molecule has 0 atom stereocenters. The van der Waals surface area contributed by atoms with E-state index in [1.807, 2.05) is 49.4 Å². The number of fused-ring (bicyclic) bond motifs is 3. The molecule has 0 spiro atoms. The average Bonchev–Trinajstić information content (AvgIpc) is 2.81. The van der Waals surface area contributed by atoms with E-state index in [0.29, 0.717) is 22.6 Å². The van der Waals surface area contributed by atoms with Gasteiger partial charge < -0.3 is 16.3 Å². The maximum atomic E-state index is 12.9. The molecule has 0 unspecified atom stereocenters. The van der Waals surface area contributed by atoms with Crippen LogP contribution in [0.4, 0.5) is 17.1 Å². The number of nitrogens with two attached hydrogens (primary N) is 1. The lowest BCUT2D eigenvalue weighted by molar-refractivity contribution is -0.124. The van der Waals surface area contributed by atoms with Crippen LogP contribution in [0.15, 0.2) is 59.8 Å². The van der Waals surface area contributed by atoms with Gasteiger partial charge in [0.15, 0.2) is 5.84 Å². The summed E-state index contributed by atoms with van der Waals surface area (Å²) in [6, 6.07) is 16.6. The zero-order valence-corrected chi connectivity index (χ0v) is 15.1. The fourth-order valence-electron chi connectivity index (χ4n) is 3.49. The predicted octanol–water partition coefficient (Wildman–Crippen LogP) is 3.25. The number of carbonyl (C=O) groups is 2. The van der Waals surface area contributed by atoms with Crippen LogP contribution in [0.25, 0.3) is 10.8 Å². The fourth-order valence-corrected chi connectivity index (χ4v) is 3.49. The maximum Gasteiger partial charge on any atom is 0.241 e. The minimum absolute atomic E-state index is 0.0554. The summed E-state index contributed by atoms with van der Waals surface area (Å²) < 4.78 is 0. The number of oxime groups is 1. The van der Waals surface area contributed by atoms with Crippen molar-refractivity contribution in [3.63, 3.8) is 0 Å². The van der Waals surface area contributed by atoms with Crippen LogP contribution < -0.4 is 16.0 Å². The summed E-state index contributed by atoms with van der Waals surface area (Å²) in [4.78, 5) is 26.8. The first kappa shape index (κ1) is 17.5. The summed E-state index contributed by atoms with van der Waals surface area (Å²) >= 11 is 0. The highest BCUT2D eigenvalue weighted by atomic mass is 16.4. The lowest BCUT2D eigenvalue weighted by atomic mass is 10.0. The molecule has 0 radical (unpaired) electrons. The van der Waals surface area contributed by atoms with Gasteiger partial charge >= 0.3 is 0 Å². The first-order chi connectivity index (χ1) is 13.5. The van der Waals surface area contributed by atoms with Gasteiger partial charge in [0.1, 0.15) is 6.42 Å². The number of aryl methyl sites for hydroxylation is 1. The van der Waals surface area contributed by atoms with Gasteiger partial charge in [-0.2, -0.15) is 0 Å². The molecular weight excluding hydrogens is 356 g/mol. The molecule has 2 amide bonds. The summed E-state index contributed by atoms with van der Waals surface area (Å²) in [5.41, 5.74) is 8.76. The Kier molecular flexibility index (Phi) is 4.19. The van der Waals surface area contributed by atoms with E-state index in [0.717, 1.165) is 16.3 Å². The van der Waals surface area contributed by atoms with E-state index >= 15 is 0 Å². The van der Waals surface area contributed by atoms with Crippen molar-refractivity contribution in [2.24, 2.45) is 10.9 Å². The SMILES string of the molecule is Cc1cc(C(N)=NO)cc(N2C(=O)CC(=O)Nc3c2ccc2ccccc32)c1. The van der Waals surface area contributed by atoms with Crippen molar-refractivity contribution in [2.45, 2.75) is 13.3 Å². The van der Waals surface area contributed by atoms with Gasteiger partial charge in [-0.3, -0.25) is 14.5 Å². The predicted molar refractivity (Wildman–Crippen MR) is 108 cm³/mol. The van der Waals surface area contributed by atoms with Gasteiger partial charge in [0.2, 0.25) is 11.8 Å². The number of amidine groups is 1. The summed E-state index contributed by atoms with van der Waals surface area (Å²) in [6.45, 7) is 1.85. The number of carbonyl (C=O) groups excluding carboxylic acids is 2. The largest absolute Gasteiger partial charge is 0.409 e. The van der Waals surface area contributed by atoms with Crippen molar-refractivity contribution in [1.29, 1.82) is 0 Å². The van der Waals surface area contributed by atoms with Gasteiger partial charge in [0, 0.05) is 16.6 Å². The van der Waals surface area contributed by atoms with Crippen LogP contribution in [0.3, 0.4) is 0 Å². The first-order valence-corrected chi connectivity index (χ1v) is 8.72. The maximum absolute atomic E-state index is 12.9. The molecule has 0 aliphatic carbocycles. The number of nitrogens with zero attached hydrogens (tertiary/aromatic N) is 2. The van der Waals surface area contributed by atoms with Crippen molar-refractivity contribution >= 4 is 45.5 Å². The van der Waals surface area contributed by atoms with Crippen LogP contribution in [0.1, 0.15) is 17.5 Å². The minimum Gasteiger partial charge on any atom is -0.409 e. The Morgan fingerprint density at radius 3 is 2.71 bits per heavy atom. The molecule has 1 aliphatic heterocycles. The summed E-state index contributed by atoms with van der Waals surface area (Å²) in [7, 11) is 0. The zero-order valence-electron chi connectivity index (χ0n) is 15.1. The number of nitrogens with one attached hydrogen (secondary N) is 1. The molecule has 0 bridgehead atoms. The van der Waals surface area contributed by atoms with Crippen LogP contribution in [0.5, 0.6) is 0 Å². The third kappa shape index (κ3) is 2.92. The van der Waals surface area contributed by atoms with Crippen molar-refractivity contribution in [2.75, 3.05) is 10.2 Å². The molecule has 4 N–H and O–H groups in total. The molecule has 0 fully saturated rings. The van der Waals surface area contributed by atoms with Crippen LogP contribution in [0.2, 0.25) is 0 Å². The number of hydrogen-bond donors (Lipinski definition) is 3. The molecule has 0 saturated carbocycles. The Bertz CT molecular complexity index is 1150. The second-order valence-electron chi connectivity index (χ2n) is 6.68. The Morgan fingerprint density at radius 2 is 1.93 bits per heavy atom. The lowest BCUT2D eigenvalue weighted by Gasteiger charge is -2.24. The van der Waals surface area contributed by atoms with Gasteiger partial charge in [0.25, 0.3) is 0 Å². The quantitative estimate of drug-likeness (QED) is 0.210. The lowest BCUT2D eigenvalue weighted by Crippen LogP contribution is -2.27. The van der Waals surface area contributed by atoms with Crippen molar-refractivity contribution in [3.8, 4) is 0 Å². The molecular formula is C21H18N4O3. The molecule has 1 aliphatic rings. The molecule has 7 heteroatoms. The highest BCUT2D eigenvalue weighted by Crippen LogP contribution is 2.40. The highest BCUT2D eigenvalue weighted by molar-refractivity contribution is 6.21. The average molecular weight is 374 g/mol. The number of anilines is 3. The van der Waals surface area contributed by atoms with Crippen LogP contribution in [-0.4, -0.2) is 22.9 Å². The second kappa shape index (κ2) is 6.70. The van der Waals surface area contributed by atoms with E-state index in [1.54, 1.807) is 12.1 Å². The molecule has 140 valence electrons. The standard InChI is InChI=1S/C21H18N4O3/c1-12-8-14(21(22)24-28)10-15(9-12)25-17-7-6-13-4-2-3-5-16(13)20(17)23-18(26)11-19(25)27/h2-10,28H,11H2,1H3,(H2,22,24)(H,23,26). The van der Waals surface area contributed by atoms with E-state index in [2.05, 4.69) is 10.5 Å². The van der Waals surface area contributed by atoms with Gasteiger partial charge in [-0.1, -0.05) is 35.5 Å². The number of hydrogen-bond acceptors (Lipinski definition) is 4. The molecule has 4 rings (SSSR count). The van der Waals surface area contributed by atoms with Crippen LogP contribution in [-0.2, 0) is 9.59 Å². The third-order valence-electron chi connectivity index (χ3n) is 4.70. The molecule has 3 aromatic carbocycles. The van der Waals surface area contributed by atoms with Crippen LogP contribution in [0, 0.1) is 6.92 Å². The molecule has 0 aromatic heterocycles. The Hall–Kier alpha value is -3.87. The highest BCUT2D eigenvalue weighted by Gasteiger charge is 2.29. The summed E-state index contributed by atoms with van der Waals surface area (Å²) in [5, 5.41) is 16.7. The normalized spacial score (nSPS) is 14.6. The van der Waals surface area contributed by atoms with Crippen molar-refractivity contribution in [1.82, 2.24) is 0 Å². The van der Waals surface area contributed by atoms with Gasteiger partial charge in [-0.15, -0.1) is 0 Å². The van der Waals surface area contributed by atoms with Gasteiger partial charge in [-0.05, 0) is 42.1 Å². The van der Waals surface area contributed by atoms with E-state index in [1.165, 1.54) is 4.90 Å². The van der Waals surface area contributed by atoms with Crippen molar-refractivity contribution in [3.05, 3.63) is 65.7 Å². The van der Waals surface area contributed by atoms with E-state index < -0.39 is 0 Å². The summed E-state index contributed by atoms with van der Waals surface area (Å²) in [6.07, 6.45) is -0.282. The molecule has 1 heterocycles. The van der Waals surface area contributed by atoms with E-state index in [-0.39, 0.29) is 24.1 Å². The first-order valence-electron chi connectivity index (χ1n) is 8.72. The van der Waals surface area contributed by atoms with E-state index in [4.69, 9.17) is 10.9 Å². The summed E-state index contributed by atoms with van der Waals surface area (Å²) in [5.74, 6) is -0.780. The van der Waals surface area contributed by atoms with E-state index in [9.17, 15) is 9.59 Å². The topological polar surface area (TPSA) is 108 Å². The van der Waals surface area contributed by atoms with Gasteiger partial charge in [-0.25, -0.2) is 0 Å². The van der Waals surface area contributed by atoms with Crippen molar-refractivity contribution < 1.29 is 14.8 Å². The molecule has 0 saturated heterocycles. The molecule has 3 aromatic rings. The van der Waals surface area contributed by atoms with Gasteiger partial charge in [0.05, 0.1) is 11.4 Å². The Labute approximate surface area is 161 Å². The minimum atomic E-state index is -0.366. The number of amides is 2.